The maximum absolute atomic E-state index is 10.7. The maximum atomic E-state index is 10.7. The van der Waals surface area contributed by atoms with Gasteiger partial charge in [-0.1, -0.05) is 30.3 Å². The van der Waals surface area contributed by atoms with Crippen LogP contribution in [0.25, 0.3) is 0 Å². The molecule has 4 heteroatoms. The van der Waals surface area contributed by atoms with Gasteiger partial charge in [0, 0.05) is 32.1 Å². The molecule has 1 aliphatic rings. The third-order valence-electron chi connectivity index (χ3n) is 3.56. The summed E-state index contributed by atoms with van der Waals surface area (Å²) < 4.78 is 0. The summed E-state index contributed by atoms with van der Waals surface area (Å²) in [5, 5.41) is 3.43. The minimum Gasteiger partial charge on any atom is -0.370 e. The number of piperidine rings is 1. The second-order valence-corrected chi connectivity index (χ2v) is 5.23. The van der Waals surface area contributed by atoms with Gasteiger partial charge in [-0.05, 0) is 24.9 Å². The highest BCUT2D eigenvalue weighted by Crippen LogP contribution is 2.13. The fourth-order valence-electron chi connectivity index (χ4n) is 2.61. The number of amides is 1. The van der Waals surface area contributed by atoms with Crippen LogP contribution in [0.4, 0.5) is 0 Å². The zero-order valence-corrected chi connectivity index (χ0v) is 11.3. The summed E-state index contributed by atoms with van der Waals surface area (Å²) in [4.78, 5) is 13.2. The van der Waals surface area contributed by atoms with Crippen LogP contribution in [0.1, 0.15) is 24.8 Å². The molecule has 1 aliphatic heterocycles. The monoisotopic (exact) mass is 261 g/mol. The summed E-state index contributed by atoms with van der Waals surface area (Å²) >= 11 is 0. The minimum atomic E-state index is -0.232. The molecule has 1 unspecified atom stereocenters. The van der Waals surface area contributed by atoms with Crippen LogP contribution < -0.4 is 11.1 Å². The van der Waals surface area contributed by atoms with Gasteiger partial charge in [0.15, 0.2) is 0 Å². The van der Waals surface area contributed by atoms with Crippen molar-refractivity contribution in [3.63, 3.8) is 0 Å². The van der Waals surface area contributed by atoms with Crippen LogP contribution in [0.2, 0.25) is 0 Å². The molecular weight excluding hydrogens is 238 g/mol. The van der Waals surface area contributed by atoms with Crippen molar-refractivity contribution in [1.82, 2.24) is 10.2 Å². The van der Waals surface area contributed by atoms with Crippen LogP contribution in [0.15, 0.2) is 30.3 Å². The molecule has 0 aromatic heterocycles. The van der Waals surface area contributed by atoms with E-state index in [-0.39, 0.29) is 5.91 Å². The number of nitrogens with zero attached hydrogens (tertiary/aromatic N) is 1. The number of carbonyl (C=O) groups excluding carboxylic acids is 1. The molecule has 0 aliphatic carbocycles. The third kappa shape index (κ3) is 5.01. The van der Waals surface area contributed by atoms with E-state index in [1.165, 1.54) is 18.4 Å². The predicted molar refractivity (Wildman–Crippen MR) is 76.6 cm³/mol. The molecule has 0 saturated carbocycles. The molecule has 19 heavy (non-hydrogen) atoms. The van der Waals surface area contributed by atoms with E-state index >= 15 is 0 Å². The van der Waals surface area contributed by atoms with E-state index in [1.54, 1.807) is 0 Å². The highest BCUT2D eigenvalue weighted by molar-refractivity contribution is 5.73. The lowest BCUT2D eigenvalue weighted by molar-refractivity contribution is -0.117. The number of primary amides is 1. The smallest absolute Gasteiger partial charge is 0.218 e. The van der Waals surface area contributed by atoms with Crippen LogP contribution in [0.5, 0.6) is 0 Å². The van der Waals surface area contributed by atoms with E-state index in [0.29, 0.717) is 19.0 Å². The van der Waals surface area contributed by atoms with Crippen LogP contribution >= 0.6 is 0 Å². The Morgan fingerprint density at radius 1 is 1.37 bits per heavy atom. The van der Waals surface area contributed by atoms with Gasteiger partial charge < -0.3 is 11.1 Å². The Bertz CT molecular complexity index is 394. The van der Waals surface area contributed by atoms with Crippen molar-refractivity contribution < 1.29 is 4.79 Å². The van der Waals surface area contributed by atoms with Crippen molar-refractivity contribution in [3.8, 4) is 0 Å². The zero-order valence-electron chi connectivity index (χ0n) is 11.3. The molecule has 104 valence electrons. The average Bonchev–Trinajstić information content (AvgIpc) is 2.40. The van der Waals surface area contributed by atoms with Gasteiger partial charge in [0.1, 0.15) is 0 Å². The predicted octanol–water partition coefficient (Wildman–Crippen LogP) is 1.12. The molecule has 1 heterocycles. The molecule has 0 radical (unpaired) electrons. The van der Waals surface area contributed by atoms with Crippen molar-refractivity contribution in [3.05, 3.63) is 35.9 Å². The lowest BCUT2D eigenvalue weighted by atomic mass is 10.0. The van der Waals surface area contributed by atoms with Crippen molar-refractivity contribution in [2.75, 3.05) is 19.6 Å². The molecule has 1 fully saturated rings. The van der Waals surface area contributed by atoms with Crippen molar-refractivity contribution in [2.24, 2.45) is 5.73 Å². The van der Waals surface area contributed by atoms with Gasteiger partial charge in [0.2, 0.25) is 5.91 Å². The summed E-state index contributed by atoms with van der Waals surface area (Å²) in [5.41, 5.74) is 6.51. The highest BCUT2D eigenvalue weighted by Gasteiger charge is 2.19. The number of carbonyl (C=O) groups is 1. The minimum absolute atomic E-state index is 0.232. The molecule has 4 nitrogen and oxygen atoms in total. The van der Waals surface area contributed by atoms with Crippen LogP contribution in [-0.4, -0.2) is 36.5 Å². The maximum Gasteiger partial charge on any atom is 0.218 e. The van der Waals surface area contributed by atoms with Gasteiger partial charge in [-0.15, -0.1) is 0 Å². The molecule has 1 atom stereocenters. The molecule has 2 rings (SSSR count). The van der Waals surface area contributed by atoms with Gasteiger partial charge in [0.05, 0.1) is 0 Å². The van der Waals surface area contributed by atoms with E-state index < -0.39 is 0 Å². The Labute approximate surface area is 115 Å². The standard InChI is InChI=1S/C15H23N3O/c16-15(19)8-9-17-14-7-4-10-18(12-14)11-13-5-2-1-3-6-13/h1-3,5-6,14,17H,4,7-12H2,(H2,16,19). The first-order valence-corrected chi connectivity index (χ1v) is 7.02. The fraction of sp³-hybridized carbons (Fsp3) is 0.533. The Morgan fingerprint density at radius 2 is 2.16 bits per heavy atom. The number of rotatable bonds is 6. The normalized spacial score (nSPS) is 20.3. The number of hydrogen-bond acceptors (Lipinski definition) is 3. The first-order chi connectivity index (χ1) is 9.24. The summed E-state index contributed by atoms with van der Waals surface area (Å²) in [7, 11) is 0. The number of nitrogens with two attached hydrogens (primary N) is 1. The first kappa shape index (κ1) is 14.0. The van der Waals surface area contributed by atoms with E-state index in [4.69, 9.17) is 5.73 Å². The number of hydrogen-bond donors (Lipinski definition) is 2. The number of benzene rings is 1. The lowest BCUT2D eigenvalue weighted by Crippen LogP contribution is -2.45. The Morgan fingerprint density at radius 3 is 2.89 bits per heavy atom. The van der Waals surface area contributed by atoms with E-state index in [0.717, 1.165) is 19.6 Å². The molecule has 3 N–H and O–H groups in total. The molecular formula is C15H23N3O. The summed E-state index contributed by atoms with van der Waals surface area (Å²) in [6.07, 6.45) is 2.82. The first-order valence-electron chi connectivity index (χ1n) is 7.02. The summed E-state index contributed by atoms with van der Waals surface area (Å²) in [6.45, 7) is 3.91. The van der Waals surface area contributed by atoms with Crippen molar-refractivity contribution in [1.29, 1.82) is 0 Å². The number of likely N-dealkylation sites (tertiary alicyclic amines) is 1. The largest absolute Gasteiger partial charge is 0.370 e. The number of nitrogens with one attached hydrogen (secondary N) is 1. The third-order valence-corrected chi connectivity index (χ3v) is 3.56. The lowest BCUT2D eigenvalue weighted by Gasteiger charge is -2.33. The highest BCUT2D eigenvalue weighted by atomic mass is 16.1. The van der Waals surface area contributed by atoms with Gasteiger partial charge in [-0.25, -0.2) is 0 Å². The topological polar surface area (TPSA) is 58.4 Å². The molecule has 1 aromatic carbocycles. The summed E-state index contributed by atoms with van der Waals surface area (Å²) in [6, 6.07) is 11.0. The van der Waals surface area contributed by atoms with E-state index in [9.17, 15) is 4.79 Å². The average molecular weight is 261 g/mol. The quantitative estimate of drug-likeness (QED) is 0.806. The van der Waals surface area contributed by atoms with Crippen LogP contribution in [0, 0.1) is 0 Å². The second kappa shape index (κ2) is 7.26. The molecule has 1 saturated heterocycles. The SMILES string of the molecule is NC(=O)CCNC1CCCN(Cc2ccccc2)C1. The summed E-state index contributed by atoms with van der Waals surface area (Å²) in [5.74, 6) is -0.232. The van der Waals surface area contributed by atoms with Crippen molar-refractivity contribution in [2.45, 2.75) is 31.8 Å². The molecule has 0 spiro atoms. The zero-order chi connectivity index (χ0) is 13.5. The second-order valence-electron chi connectivity index (χ2n) is 5.23. The molecule has 1 amide bonds. The Balaban J connectivity index is 1.75. The molecule has 1 aromatic rings. The van der Waals surface area contributed by atoms with Gasteiger partial charge >= 0.3 is 0 Å². The molecule has 0 bridgehead atoms. The Hall–Kier alpha value is -1.39. The van der Waals surface area contributed by atoms with E-state index in [1.807, 2.05) is 6.07 Å². The van der Waals surface area contributed by atoms with Crippen molar-refractivity contribution >= 4 is 5.91 Å². The van der Waals surface area contributed by atoms with E-state index in [2.05, 4.69) is 34.5 Å². The van der Waals surface area contributed by atoms with Crippen LogP contribution in [-0.2, 0) is 11.3 Å². The van der Waals surface area contributed by atoms with Crippen LogP contribution in [0.3, 0.4) is 0 Å². The van der Waals surface area contributed by atoms with Gasteiger partial charge in [0.25, 0.3) is 0 Å². The van der Waals surface area contributed by atoms with Gasteiger partial charge in [-0.3, -0.25) is 9.69 Å². The Kier molecular flexibility index (Phi) is 5.36. The van der Waals surface area contributed by atoms with Gasteiger partial charge in [-0.2, -0.15) is 0 Å². The fourth-order valence-corrected chi connectivity index (χ4v) is 2.61.